The Morgan fingerprint density at radius 2 is 2.00 bits per heavy atom. The Bertz CT molecular complexity index is 846. The molecule has 2 N–H and O–H groups in total. The molecule has 27 heavy (non-hydrogen) atoms. The van der Waals surface area contributed by atoms with Gasteiger partial charge in [-0.15, -0.1) is 11.3 Å². The van der Waals surface area contributed by atoms with E-state index in [1.807, 2.05) is 4.90 Å². The molecule has 144 valence electrons. The summed E-state index contributed by atoms with van der Waals surface area (Å²) in [6, 6.07) is 0. The standard InChI is InChI=1S/C18H23N5O3S/c19-16(24)17-20-14(26-21-17)10-22-6-3-7-23(9-8-22)18(25)15-13-5-2-1-4-12(13)11-27-15/h11H,1-10H2,(H2,19,24). The molecule has 2 aromatic heterocycles. The lowest BCUT2D eigenvalue weighted by atomic mass is 9.93. The van der Waals surface area contributed by atoms with Crippen LogP contribution in [0.25, 0.3) is 0 Å². The lowest BCUT2D eigenvalue weighted by molar-refractivity contribution is 0.0764. The quantitative estimate of drug-likeness (QED) is 0.849. The maximum atomic E-state index is 13.1. The van der Waals surface area contributed by atoms with E-state index in [9.17, 15) is 9.59 Å². The molecule has 3 heterocycles. The van der Waals surface area contributed by atoms with E-state index in [4.69, 9.17) is 10.3 Å². The molecular weight excluding hydrogens is 366 g/mol. The lowest BCUT2D eigenvalue weighted by Crippen LogP contribution is -2.35. The van der Waals surface area contributed by atoms with Crippen molar-refractivity contribution in [3.8, 4) is 0 Å². The highest BCUT2D eigenvalue weighted by Crippen LogP contribution is 2.31. The van der Waals surface area contributed by atoms with Gasteiger partial charge in [-0.05, 0) is 48.6 Å². The molecule has 2 amide bonds. The van der Waals surface area contributed by atoms with Gasteiger partial charge in [-0.2, -0.15) is 4.98 Å². The SMILES string of the molecule is NC(=O)c1noc(CN2CCCN(C(=O)c3scc4c3CCCC4)CC2)n1. The van der Waals surface area contributed by atoms with Crippen LogP contribution in [0.15, 0.2) is 9.90 Å². The van der Waals surface area contributed by atoms with Crippen LogP contribution < -0.4 is 5.73 Å². The Morgan fingerprint density at radius 1 is 1.15 bits per heavy atom. The zero-order valence-corrected chi connectivity index (χ0v) is 16.0. The molecule has 1 aliphatic heterocycles. The van der Waals surface area contributed by atoms with Crippen LogP contribution in [0, 0.1) is 0 Å². The van der Waals surface area contributed by atoms with Crippen molar-refractivity contribution in [1.82, 2.24) is 19.9 Å². The molecule has 2 aromatic rings. The Balaban J connectivity index is 1.38. The lowest BCUT2D eigenvalue weighted by Gasteiger charge is -2.22. The maximum Gasteiger partial charge on any atom is 0.290 e. The second-order valence-electron chi connectivity index (χ2n) is 7.07. The molecule has 0 bridgehead atoms. The second kappa shape index (κ2) is 7.77. The smallest absolute Gasteiger partial charge is 0.290 e. The molecule has 0 atom stereocenters. The maximum absolute atomic E-state index is 13.1. The Hall–Kier alpha value is -2.26. The van der Waals surface area contributed by atoms with E-state index in [0.29, 0.717) is 19.0 Å². The largest absolute Gasteiger partial charge is 0.363 e. The van der Waals surface area contributed by atoms with Crippen molar-refractivity contribution in [3.63, 3.8) is 0 Å². The van der Waals surface area contributed by atoms with Gasteiger partial charge in [0.05, 0.1) is 11.4 Å². The first-order valence-corrected chi connectivity index (χ1v) is 10.2. The number of carbonyl (C=O) groups is 2. The van der Waals surface area contributed by atoms with Gasteiger partial charge in [0.1, 0.15) is 0 Å². The average Bonchev–Trinajstić information content (AvgIpc) is 3.24. The number of hydrogen-bond donors (Lipinski definition) is 1. The predicted octanol–water partition coefficient (Wildman–Crippen LogP) is 1.46. The van der Waals surface area contributed by atoms with Gasteiger partial charge in [0, 0.05) is 26.2 Å². The summed E-state index contributed by atoms with van der Waals surface area (Å²) in [6.45, 7) is 3.44. The molecule has 0 spiro atoms. The fraction of sp³-hybridized carbons (Fsp3) is 0.556. The molecule has 9 heteroatoms. The number of primary amides is 1. The van der Waals surface area contributed by atoms with Crippen molar-refractivity contribution in [2.24, 2.45) is 5.73 Å². The summed E-state index contributed by atoms with van der Waals surface area (Å²) in [5.74, 6) is -0.259. The topological polar surface area (TPSA) is 106 Å². The molecule has 1 saturated heterocycles. The van der Waals surface area contributed by atoms with Gasteiger partial charge in [-0.25, -0.2) is 0 Å². The highest BCUT2D eigenvalue weighted by molar-refractivity contribution is 7.12. The molecule has 8 nitrogen and oxygen atoms in total. The van der Waals surface area contributed by atoms with Crippen LogP contribution in [0.2, 0.25) is 0 Å². The summed E-state index contributed by atoms with van der Waals surface area (Å²) in [6.07, 6.45) is 5.41. The number of hydrogen-bond acceptors (Lipinski definition) is 7. The van der Waals surface area contributed by atoms with Gasteiger partial charge in [-0.3, -0.25) is 14.5 Å². The minimum Gasteiger partial charge on any atom is -0.363 e. The predicted molar refractivity (Wildman–Crippen MR) is 99.6 cm³/mol. The van der Waals surface area contributed by atoms with E-state index in [2.05, 4.69) is 20.4 Å². The first-order valence-electron chi connectivity index (χ1n) is 9.35. The van der Waals surface area contributed by atoms with E-state index in [-0.39, 0.29) is 11.7 Å². The van der Waals surface area contributed by atoms with E-state index in [1.54, 1.807) is 11.3 Å². The number of aryl methyl sites for hydroxylation is 1. The summed E-state index contributed by atoms with van der Waals surface area (Å²) >= 11 is 1.60. The average molecular weight is 389 g/mol. The van der Waals surface area contributed by atoms with Crippen LogP contribution in [0.5, 0.6) is 0 Å². The molecular formula is C18H23N5O3S. The Labute approximate surface area is 161 Å². The number of rotatable bonds is 4. The van der Waals surface area contributed by atoms with Crippen LogP contribution in [-0.2, 0) is 19.4 Å². The minimum atomic E-state index is -0.697. The van der Waals surface area contributed by atoms with E-state index >= 15 is 0 Å². The number of amides is 2. The molecule has 0 radical (unpaired) electrons. The van der Waals surface area contributed by atoms with Crippen LogP contribution >= 0.6 is 11.3 Å². The molecule has 2 aliphatic rings. The Morgan fingerprint density at radius 3 is 2.81 bits per heavy atom. The fourth-order valence-electron chi connectivity index (χ4n) is 3.78. The van der Waals surface area contributed by atoms with E-state index < -0.39 is 5.91 Å². The van der Waals surface area contributed by atoms with Crippen molar-refractivity contribution in [2.45, 2.75) is 38.6 Å². The van der Waals surface area contributed by atoms with Gasteiger partial charge in [0.25, 0.3) is 17.6 Å². The summed E-state index contributed by atoms with van der Waals surface area (Å²) in [5.41, 5.74) is 7.80. The van der Waals surface area contributed by atoms with Gasteiger partial charge >= 0.3 is 0 Å². The summed E-state index contributed by atoms with van der Waals surface area (Å²) in [4.78, 5) is 33.2. The molecule has 0 aromatic carbocycles. The summed E-state index contributed by atoms with van der Waals surface area (Å²) < 4.78 is 5.08. The second-order valence-corrected chi connectivity index (χ2v) is 7.95. The van der Waals surface area contributed by atoms with Crippen molar-refractivity contribution < 1.29 is 14.1 Å². The number of nitrogens with zero attached hydrogens (tertiary/aromatic N) is 4. The van der Waals surface area contributed by atoms with Crippen molar-refractivity contribution in [2.75, 3.05) is 26.2 Å². The summed E-state index contributed by atoms with van der Waals surface area (Å²) in [7, 11) is 0. The number of thiophene rings is 1. The van der Waals surface area contributed by atoms with Gasteiger partial charge in [0.15, 0.2) is 0 Å². The van der Waals surface area contributed by atoms with Gasteiger partial charge < -0.3 is 15.2 Å². The number of fused-ring (bicyclic) bond motifs is 1. The van der Waals surface area contributed by atoms with Crippen molar-refractivity contribution in [1.29, 1.82) is 0 Å². The normalized spacial score (nSPS) is 18.1. The van der Waals surface area contributed by atoms with E-state index in [0.717, 1.165) is 43.8 Å². The van der Waals surface area contributed by atoms with Gasteiger partial charge in [-0.1, -0.05) is 5.16 Å². The third-order valence-corrected chi connectivity index (χ3v) is 6.28. The third-order valence-electron chi connectivity index (χ3n) is 5.22. The molecule has 0 unspecified atom stereocenters. The minimum absolute atomic E-state index is 0.0981. The third kappa shape index (κ3) is 3.89. The van der Waals surface area contributed by atoms with Crippen LogP contribution in [0.1, 0.15) is 56.6 Å². The highest BCUT2D eigenvalue weighted by atomic mass is 32.1. The fourth-order valence-corrected chi connectivity index (χ4v) is 4.91. The zero-order valence-electron chi connectivity index (χ0n) is 15.1. The van der Waals surface area contributed by atoms with Crippen molar-refractivity contribution in [3.05, 3.63) is 33.1 Å². The van der Waals surface area contributed by atoms with E-state index in [1.165, 1.54) is 24.0 Å². The first-order chi connectivity index (χ1) is 13.1. The van der Waals surface area contributed by atoms with Crippen LogP contribution in [0.3, 0.4) is 0 Å². The Kier molecular flexibility index (Phi) is 5.22. The van der Waals surface area contributed by atoms with Crippen LogP contribution in [-0.4, -0.2) is 57.9 Å². The number of nitrogens with two attached hydrogens (primary N) is 1. The molecule has 1 aliphatic carbocycles. The van der Waals surface area contributed by atoms with Gasteiger partial charge in [0.2, 0.25) is 5.89 Å². The number of carbonyl (C=O) groups excluding carboxylic acids is 2. The van der Waals surface area contributed by atoms with Crippen LogP contribution in [0.4, 0.5) is 0 Å². The highest BCUT2D eigenvalue weighted by Gasteiger charge is 2.26. The molecule has 4 rings (SSSR count). The first kappa shape index (κ1) is 18.1. The monoisotopic (exact) mass is 389 g/mol. The number of aromatic nitrogens is 2. The zero-order chi connectivity index (χ0) is 18.8. The van der Waals surface area contributed by atoms with Crippen molar-refractivity contribution >= 4 is 23.2 Å². The summed E-state index contributed by atoms with van der Waals surface area (Å²) in [5, 5.41) is 5.74. The molecule has 1 fully saturated rings. The molecule has 0 saturated carbocycles.